The van der Waals surface area contributed by atoms with E-state index in [2.05, 4.69) is 0 Å². The summed E-state index contributed by atoms with van der Waals surface area (Å²) in [5.41, 5.74) is 1.84. The number of nitrogens with zero attached hydrogens (tertiary/aromatic N) is 3. The lowest BCUT2D eigenvalue weighted by molar-refractivity contribution is 0.0664. The molecule has 1 amide bonds. The van der Waals surface area contributed by atoms with E-state index in [0.717, 1.165) is 16.5 Å². The molecule has 2 bridgehead atoms. The molecule has 3 aliphatic rings. The number of methoxy groups -OCH3 is 1. The molecular formula is C30H23F2N3O5S. The third kappa shape index (κ3) is 3.94. The van der Waals surface area contributed by atoms with Crippen molar-refractivity contribution in [2.45, 2.75) is 29.8 Å². The molecule has 8 nitrogen and oxygen atoms in total. The van der Waals surface area contributed by atoms with Crippen LogP contribution in [0.3, 0.4) is 0 Å². The Morgan fingerprint density at radius 1 is 1.07 bits per heavy atom. The van der Waals surface area contributed by atoms with E-state index in [0.29, 0.717) is 22.4 Å². The van der Waals surface area contributed by atoms with E-state index in [-0.39, 0.29) is 42.6 Å². The van der Waals surface area contributed by atoms with Crippen LogP contribution >= 0.6 is 11.8 Å². The largest absolute Gasteiger partial charge is 0.502 e. The molecule has 11 heteroatoms. The van der Waals surface area contributed by atoms with Crippen LogP contribution in [-0.4, -0.2) is 34.4 Å². The van der Waals surface area contributed by atoms with Crippen molar-refractivity contribution in [3.63, 3.8) is 0 Å². The average Bonchev–Trinajstić information content (AvgIpc) is 3.16. The summed E-state index contributed by atoms with van der Waals surface area (Å²) >= 11 is 1.38. The molecule has 1 unspecified atom stereocenters. The van der Waals surface area contributed by atoms with Gasteiger partial charge < -0.3 is 19.5 Å². The van der Waals surface area contributed by atoms with Gasteiger partial charge in [0.15, 0.2) is 23.1 Å². The second-order valence-electron chi connectivity index (χ2n) is 10.0. The quantitative estimate of drug-likeness (QED) is 0.353. The van der Waals surface area contributed by atoms with Crippen LogP contribution in [0.2, 0.25) is 0 Å². The summed E-state index contributed by atoms with van der Waals surface area (Å²) in [7, 11) is 1.53. The summed E-state index contributed by atoms with van der Waals surface area (Å²) in [6.07, 6.45) is 1.42. The zero-order valence-electron chi connectivity index (χ0n) is 21.8. The molecule has 208 valence electrons. The Morgan fingerprint density at radius 3 is 2.73 bits per heavy atom. The van der Waals surface area contributed by atoms with Crippen LogP contribution in [0.15, 0.2) is 70.5 Å². The van der Waals surface area contributed by atoms with E-state index in [1.807, 2.05) is 24.3 Å². The van der Waals surface area contributed by atoms with Crippen molar-refractivity contribution in [3.05, 3.63) is 116 Å². The first-order valence-electron chi connectivity index (χ1n) is 12.9. The minimum absolute atomic E-state index is 0.00629. The van der Waals surface area contributed by atoms with Crippen molar-refractivity contribution in [1.29, 1.82) is 0 Å². The number of hydrogen-bond acceptors (Lipinski definition) is 7. The van der Waals surface area contributed by atoms with Gasteiger partial charge in [0, 0.05) is 46.6 Å². The van der Waals surface area contributed by atoms with Crippen molar-refractivity contribution in [2.75, 3.05) is 18.8 Å². The van der Waals surface area contributed by atoms with Gasteiger partial charge in [-0.25, -0.2) is 8.78 Å². The Morgan fingerprint density at radius 2 is 1.90 bits per heavy atom. The molecule has 0 aliphatic carbocycles. The highest BCUT2D eigenvalue weighted by atomic mass is 32.2. The maximum Gasteiger partial charge on any atom is 0.278 e. The first-order chi connectivity index (χ1) is 19.9. The molecular weight excluding hydrogens is 552 g/mol. The Hall–Kier alpha value is -4.51. The Kier molecular flexibility index (Phi) is 5.93. The molecule has 1 atom stereocenters. The lowest BCUT2D eigenvalue weighted by Crippen LogP contribution is -2.55. The minimum Gasteiger partial charge on any atom is -0.502 e. The second-order valence-corrected chi connectivity index (χ2v) is 11.0. The lowest BCUT2D eigenvalue weighted by Gasteiger charge is -2.44. The molecule has 0 radical (unpaired) electrons. The predicted octanol–water partition coefficient (Wildman–Crippen LogP) is 4.68. The molecule has 3 aromatic carbocycles. The molecule has 1 aromatic heterocycles. The lowest BCUT2D eigenvalue weighted by atomic mass is 9.92. The van der Waals surface area contributed by atoms with Crippen LogP contribution in [-0.2, 0) is 18.9 Å². The summed E-state index contributed by atoms with van der Waals surface area (Å²) in [5.74, 6) is -2.35. The van der Waals surface area contributed by atoms with E-state index in [9.17, 15) is 14.7 Å². The van der Waals surface area contributed by atoms with Crippen LogP contribution in [0.1, 0.15) is 44.3 Å². The van der Waals surface area contributed by atoms with Crippen molar-refractivity contribution in [2.24, 2.45) is 0 Å². The number of carbonyl (C=O) groups excluding carboxylic acids is 1. The first-order valence-corrected chi connectivity index (χ1v) is 13.9. The maximum absolute atomic E-state index is 15.6. The van der Waals surface area contributed by atoms with E-state index >= 15 is 8.78 Å². The number of aromatic hydroxyl groups is 1. The molecule has 3 aliphatic heterocycles. The predicted molar refractivity (Wildman–Crippen MR) is 147 cm³/mol. The number of ether oxygens (including phenoxy) is 2. The maximum atomic E-state index is 15.6. The zero-order valence-corrected chi connectivity index (χ0v) is 22.6. The van der Waals surface area contributed by atoms with Crippen LogP contribution in [0, 0.1) is 11.6 Å². The van der Waals surface area contributed by atoms with Gasteiger partial charge >= 0.3 is 0 Å². The number of pyridine rings is 1. The van der Waals surface area contributed by atoms with Gasteiger partial charge in [-0.15, -0.1) is 11.8 Å². The van der Waals surface area contributed by atoms with Crippen LogP contribution in [0.4, 0.5) is 8.78 Å². The monoisotopic (exact) mass is 575 g/mol. The van der Waals surface area contributed by atoms with Gasteiger partial charge in [-0.1, -0.05) is 24.3 Å². The van der Waals surface area contributed by atoms with Gasteiger partial charge in [-0.3, -0.25) is 19.3 Å². The van der Waals surface area contributed by atoms with Crippen LogP contribution in [0.25, 0.3) is 0 Å². The summed E-state index contributed by atoms with van der Waals surface area (Å²) in [6, 6.07) is 14.3. The Labute approximate surface area is 237 Å². The minimum atomic E-state index is -1.02. The van der Waals surface area contributed by atoms with Gasteiger partial charge in [0.2, 0.25) is 5.43 Å². The van der Waals surface area contributed by atoms with Crippen LogP contribution < -0.4 is 19.9 Å². The number of aromatic nitrogens is 1. The normalized spacial score (nSPS) is 17.2. The Bertz CT molecular complexity index is 1810. The van der Waals surface area contributed by atoms with Crippen molar-refractivity contribution < 1.29 is 28.2 Å². The number of thioether (sulfide) groups is 1. The van der Waals surface area contributed by atoms with Gasteiger partial charge in [0.1, 0.15) is 30.8 Å². The van der Waals surface area contributed by atoms with Crippen LogP contribution in [0.5, 0.6) is 17.2 Å². The van der Waals surface area contributed by atoms with Crippen molar-refractivity contribution in [3.8, 4) is 17.2 Å². The molecule has 0 fully saturated rings. The highest BCUT2D eigenvalue weighted by Gasteiger charge is 2.41. The highest BCUT2D eigenvalue weighted by Crippen LogP contribution is 2.48. The molecule has 0 saturated heterocycles. The van der Waals surface area contributed by atoms with Gasteiger partial charge in [0.05, 0.1) is 7.11 Å². The fourth-order valence-corrected chi connectivity index (χ4v) is 6.88. The number of carbonyl (C=O) groups is 1. The molecule has 4 heterocycles. The van der Waals surface area contributed by atoms with Crippen molar-refractivity contribution >= 4 is 17.7 Å². The van der Waals surface area contributed by atoms with Gasteiger partial charge in [-0.2, -0.15) is 0 Å². The number of hydrogen-bond donors (Lipinski definition) is 1. The molecule has 0 spiro atoms. The van der Waals surface area contributed by atoms with Crippen molar-refractivity contribution in [1.82, 2.24) is 9.58 Å². The average molecular weight is 576 g/mol. The molecule has 1 N–H and O–H groups in total. The fourth-order valence-electron chi connectivity index (χ4n) is 5.77. The molecule has 4 aromatic rings. The summed E-state index contributed by atoms with van der Waals surface area (Å²) in [4.78, 5) is 28.7. The molecule has 41 heavy (non-hydrogen) atoms. The summed E-state index contributed by atoms with van der Waals surface area (Å²) in [5, 5.41) is 12.7. The second kappa shape index (κ2) is 9.55. The fraction of sp³-hybridized carbons (Fsp3) is 0.200. The topological polar surface area (TPSA) is 84.2 Å². The zero-order chi connectivity index (χ0) is 28.4. The van der Waals surface area contributed by atoms with Gasteiger partial charge in [-0.05, 0) is 34.9 Å². The molecule has 0 saturated carbocycles. The first kappa shape index (κ1) is 25.5. The number of benzene rings is 3. The number of halogens is 2. The Balaban J connectivity index is 1.57. The third-order valence-corrected chi connectivity index (χ3v) is 8.89. The van der Waals surface area contributed by atoms with E-state index < -0.39 is 34.8 Å². The van der Waals surface area contributed by atoms with E-state index in [4.69, 9.17) is 9.47 Å². The summed E-state index contributed by atoms with van der Waals surface area (Å²) < 4.78 is 43.8. The number of amides is 1. The highest BCUT2D eigenvalue weighted by molar-refractivity contribution is 7.98. The molecule has 7 rings (SSSR count). The number of fused-ring (bicyclic) bond motifs is 8. The standard InChI is InChI=1S/C30H23F2N3O5S/c1-39-18-7-6-16-13-40-23-11-21(31)26(32)20-14-41-24-5-3-2-4-19(24)27(25(20)23)35-15-33(12-17(16)10-18)30(38)28-29(37)22(36)8-9-34(28)35/h2-11,27,37H,12-15H2,1H3. The van der Waals surface area contributed by atoms with Gasteiger partial charge in [0.25, 0.3) is 5.91 Å². The summed E-state index contributed by atoms with van der Waals surface area (Å²) in [6.45, 7) is 0.131. The smallest absolute Gasteiger partial charge is 0.278 e. The SMILES string of the molecule is COc1ccc2c(c1)CN1CN(C3c4ccccc4SCc4c(F)c(F)cc(c43)OC2)n2ccc(=O)c(O)c2C1=O. The van der Waals surface area contributed by atoms with E-state index in [1.54, 1.807) is 23.2 Å². The third-order valence-electron chi connectivity index (χ3n) is 7.77. The number of rotatable bonds is 1. The van der Waals surface area contributed by atoms with E-state index in [1.165, 1.54) is 40.7 Å².